The van der Waals surface area contributed by atoms with Crippen LogP contribution in [-0.4, -0.2) is 58.0 Å². The third-order valence-electron chi connectivity index (χ3n) is 5.98. The van der Waals surface area contributed by atoms with E-state index in [9.17, 15) is 9.59 Å². The van der Waals surface area contributed by atoms with Crippen LogP contribution in [0.25, 0.3) is 22.9 Å². The van der Waals surface area contributed by atoms with E-state index >= 15 is 0 Å². The smallest absolute Gasteiger partial charge is 0.264 e. The van der Waals surface area contributed by atoms with E-state index in [1.54, 1.807) is 17.0 Å². The van der Waals surface area contributed by atoms with Gasteiger partial charge in [-0.25, -0.2) is 0 Å². The number of nitrogens with zero attached hydrogens (tertiary/aromatic N) is 4. The van der Waals surface area contributed by atoms with Crippen molar-refractivity contribution in [3.05, 3.63) is 81.5 Å². The number of hydrogen-bond acceptors (Lipinski definition) is 6. The maximum absolute atomic E-state index is 13.0. The van der Waals surface area contributed by atoms with Gasteiger partial charge in [0.25, 0.3) is 11.8 Å². The van der Waals surface area contributed by atoms with E-state index in [4.69, 9.17) is 4.42 Å². The molecule has 1 fully saturated rings. The van der Waals surface area contributed by atoms with Crippen molar-refractivity contribution in [3.63, 3.8) is 0 Å². The van der Waals surface area contributed by atoms with Gasteiger partial charge in [0.15, 0.2) is 0 Å². The van der Waals surface area contributed by atoms with Crippen molar-refractivity contribution in [1.82, 2.24) is 20.0 Å². The second-order valence-electron chi connectivity index (χ2n) is 8.30. The summed E-state index contributed by atoms with van der Waals surface area (Å²) in [5.74, 6) is 0.877. The van der Waals surface area contributed by atoms with Crippen molar-refractivity contribution < 1.29 is 14.0 Å². The van der Waals surface area contributed by atoms with Gasteiger partial charge in [0, 0.05) is 47.7 Å². The minimum absolute atomic E-state index is 0.0409. The van der Waals surface area contributed by atoms with Gasteiger partial charge in [0.1, 0.15) is 0 Å². The summed E-state index contributed by atoms with van der Waals surface area (Å²) in [6.45, 7) is 6.08. The molecule has 1 saturated heterocycles. The van der Waals surface area contributed by atoms with Crippen LogP contribution >= 0.6 is 11.3 Å². The third-order valence-corrected chi connectivity index (χ3v) is 6.97. The SMILES string of the molecule is Cc1ccc(C(=O)N2CCN(C(=O)c3ccc(-c4nnc(-c5ccccc5C)o4)cc3)CC2)s1. The Morgan fingerprint density at radius 2 is 1.44 bits per heavy atom. The van der Waals surface area contributed by atoms with Crippen LogP contribution in [0.2, 0.25) is 0 Å². The monoisotopic (exact) mass is 472 g/mol. The molecule has 1 aliphatic heterocycles. The van der Waals surface area contributed by atoms with Gasteiger partial charge in [-0.15, -0.1) is 21.5 Å². The number of aromatic nitrogens is 2. The molecule has 0 saturated carbocycles. The number of rotatable bonds is 4. The Bertz CT molecular complexity index is 1330. The summed E-state index contributed by atoms with van der Waals surface area (Å²) in [6, 6.07) is 18.9. The number of hydrogen-bond donors (Lipinski definition) is 0. The molecule has 0 unspecified atom stereocenters. The van der Waals surface area contributed by atoms with Crippen LogP contribution in [0.4, 0.5) is 0 Å². The molecule has 4 aromatic rings. The van der Waals surface area contributed by atoms with Gasteiger partial charge in [-0.2, -0.15) is 0 Å². The second kappa shape index (κ2) is 9.23. The zero-order valence-corrected chi connectivity index (χ0v) is 19.8. The van der Waals surface area contributed by atoms with E-state index < -0.39 is 0 Å². The Morgan fingerprint density at radius 1 is 0.794 bits per heavy atom. The first-order chi connectivity index (χ1) is 16.5. The summed E-state index contributed by atoms with van der Waals surface area (Å²) in [6.07, 6.45) is 0. The Labute approximate surface area is 201 Å². The first kappa shape index (κ1) is 22.0. The van der Waals surface area contributed by atoms with Crippen molar-refractivity contribution in [1.29, 1.82) is 0 Å². The van der Waals surface area contributed by atoms with Gasteiger partial charge in [0.05, 0.1) is 4.88 Å². The summed E-state index contributed by atoms with van der Waals surface area (Å²) in [5, 5.41) is 8.35. The van der Waals surface area contributed by atoms with E-state index in [1.807, 2.05) is 67.3 Å². The van der Waals surface area contributed by atoms with Gasteiger partial charge in [0.2, 0.25) is 11.8 Å². The normalized spacial score (nSPS) is 13.8. The Kier molecular flexibility index (Phi) is 5.98. The Morgan fingerprint density at radius 3 is 2.09 bits per heavy atom. The minimum Gasteiger partial charge on any atom is -0.416 e. The van der Waals surface area contributed by atoms with Crippen LogP contribution in [0.3, 0.4) is 0 Å². The predicted molar refractivity (Wildman–Crippen MR) is 131 cm³/mol. The molecule has 0 bridgehead atoms. The fourth-order valence-electron chi connectivity index (χ4n) is 4.02. The number of benzene rings is 2. The molecule has 0 N–H and O–H groups in total. The fraction of sp³-hybridized carbons (Fsp3) is 0.231. The Balaban J connectivity index is 1.23. The lowest BCUT2D eigenvalue weighted by molar-refractivity contribution is 0.0538. The van der Waals surface area contributed by atoms with Gasteiger partial charge < -0.3 is 14.2 Å². The highest BCUT2D eigenvalue weighted by atomic mass is 32.1. The van der Waals surface area contributed by atoms with E-state index in [0.717, 1.165) is 26.4 Å². The number of carbonyl (C=O) groups excluding carboxylic acids is 2. The van der Waals surface area contributed by atoms with Crippen LogP contribution < -0.4 is 0 Å². The van der Waals surface area contributed by atoms with E-state index in [-0.39, 0.29) is 11.8 Å². The number of amides is 2. The molecule has 0 aliphatic carbocycles. The lowest BCUT2D eigenvalue weighted by Gasteiger charge is -2.34. The van der Waals surface area contributed by atoms with E-state index in [1.165, 1.54) is 11.3 Å². The molecule has 2 aromatic heterocycles. The van der Waals surface area contributed by atoms with Crippen molar-refractivity contribution in [3.8, 4) is 22.9 Å². The largest absolute Gasteiger partial charge is 0.416 e. The number of carbonyl (C=O) groups is 2. The molecule has 8 heteroatoms. The average Bonchev–Trinajstić information content (AvgIpc) is 3.53. The zero-order valence-electron chi connectivity index (χ0n) is 19.0. The molecular formula is C26H24N4O3S. The van der Waals surface area contributed by atoms with Crippen LogP contribution in [0.5, 0.6) is 0 Å². The van der Waals surface area contributed by atoms with Gasteiger partial charge in [-0.05, 0) is 61.9 Å². The maximum atomic E-state index is 13.0. The summed E-state index contributed by atoms with van der Waals surface area (Å²) in [7, 11) is 0. The first-order valence-corrected chi connectivity index (χ1v) is 12.0. The molecular weight excluding hydrogens is 448 g/mol. The quantitative estimate of drug-likeness (QED) is 0.431. The molecule has 0 spiro atoms. The maximum Gasteiger partial charge on any atom is 0.264 e. The van der Waals surface area contributed by atoms with Crippen molar-refractivity contribution in [2.75, 3.05) is 26.2 Å². The standard InChI is InChI=1S/C26H24N4O3S/c1-17-5-3-4-6-21(17)24-28-27-23(33-24)19-8-10-20(11-9-19)25(31)29-13-15-30(16-14-29)26(32)22-12-7-18(2)34-22/h3-12H,13-16H2,1-2H3. The summed E-state index contributed by atoms with van der Waals surface area (Å²) >= 11 is 1.50. The van der Waals surface area contributed by atoms with Crippen LogP contribution in [-0.2, 0) is 0 Å². The highest BCUT2D eigenvalue weighted by molar-refractivity contribution is 7.13. The van der Waals surface area contributed by atoms with E-state index in [0.29, 0.717) is 43.5 Å². The minimum atomic E-state index is -0.0447. The van der Waals surface area contributed by atoms with Crippen LogP contribution in [0.1, 0.15) is 30.5 Å². The van der Waals surface area contributed by atoms with E-state index in [2.05, 4.69) is 10.2 Å². The molecule has 0 atom stereocenters. The van der Waals surface area contributed by atoms with Crippen molar-refractivity contribution in [2.45, 2.75) is 13.8 Å². The molecule has 34 heavy (non-hydrogen) atoms. The highest BCUT2D eigenvalue weighted by Gasteiger charge is 2.26. The highest BCUT2D eigenvalue weighted by Crippen LogP contribution is 2.26. The average molecular weight is 473 g/mol. The molecule has 3 heterocycles. The molecule has 0 radical (unpaired) electrons. The third kappa shape index (κ3) is 4.36. The van der Waals surface area contributed by atoms with Crippen LogP contribution in [0.15, 0.2) is 65.1 Å². The summed E-state index contributed by atoms with van der Waals surface area (Å²) in [5.41, 5.74) is 3.31. The fourth-order valence-corrected chi connectivity index (χ4v) is 4.85. The topological polar surface area (TPSA) is 79.5 Å². The molecule has 2 aromatic carbocycles. The Hall–Kier alpha value is -3.78. The lowest BCUT2D eigenvalue weighted by atomic mass is 10.1. The summed E-state index contributed by atoms with van der Waals surface area (Å²) < 4.78 is 5.87. The zero-order chi connectivity index (χ0) is 23.7. The molecule has 7 nitrogen and oxygen atoms in total. The number of thiophene rings is 1. The first-order valence-electron chi connectivity index (χ1n) is 11.1. The van der Waals surface area contributed by atoms with Crippen LogP contribution in [0, 0.1) is 13.8 Å². The molecule has 2 amide bonds. The molecule has 172 valence electrons. The lowest BCUT2D eigenvalue weighted by Crippen LogP contribution is -2.50. The van der Waals surface area contributed by atoms with Gasteiger partial charge in [-0.3, -0.25) is 9.59 Å². The van der Waals surface area contributed by atoms with Crippen molar-refractivity contribution in [2.24, 2.45) is 0 Å². The van der Waals surface area contributed by atoms with Gasteiger partial charge >= 0.3 is 0 Å². The summed E-state index contributed by atoms with van der Waals surface area (Å²) in [4.78, 5) is 31.1. The van der Waals surface area contributed by atoms with Crippen molar-refractivity contribution >= 4 is 23.2 Å². The molecule has 1 aliphatic rings. The second-order valence-corrected chi connectivity index (χ2v) is 9.59. The molecule has 5 rings (SSSR count). The number of piperazine rings is 1. The number of aryl methyl sites for hydroxylation is 2. The predicted octanol–water partition coefficient (Wildman–Crippen LogP) is 4.68. The van der Waals surface area contributed by atoms with Gasteiger partial charge in [-0.1, -0.05) is 18.2 Å².